The van der Waals surface area contributed by atoms with Crippen LogP contribution in [0.3, 0.4) is 0 Å². The summed E-state index contributed by atoms with van der Waals surface area (Å²) in [6.07, 6.45) is 0. The standard InChI is InChI=1S/CH3O.CH3.W/c1-2;;/h2H,1H2;1H3;/q2*-1;+2. The van der Waals surface area contributed by atoms with E-state index in [4.69, 9.17) is 5.11 Å². The fourth-order valence-electron chi connectivity index (χ4n) is 0. The molecule has 2 heteroatoms. The van der Waals surface area contributed by atoms with Gasteiger partial charge in [-0.1, -0.05) is 0 Å². The topological polar surface area (TPSA) is 20.2 Å². The number of aliphatic hydroxyl groups is 1. The van der Waals surface area contributed by atoms with E-state index in [-0.39, 0.29) is 28.5 Å². The average molecular weight is 230 g/mol. The van der Waals surface area contributed by atoms with Crippen LogP contribution in [0.1, 0.15) is 0 Å². The maximum Gasteiger partial charge on any atom is 2.00 e. The number of hydrogen-bond acceptors (Lipinski definition) is 1. The number of aliphatic hydroxyl groups excluding tert-OH is 1. The summed E-state index contributed by atoms with van der Waals surface area (Å²) in [5.41, 5.74) is 0. The van der Waals surface area contributed by atoms with Crippen molar-refractivity contribution in [2.45, 2.75) is 0 Å². The second kappa shape index (κ2) is 60.9. The quantitative estimate of drug-likeness (QED) is 0.604. The molecule has 0 saturated heterocycles. The Morgan fingerprint density at radius 1 is 1.25 bits per heavy atom. The largest absolute Gasteiger partial charge is 2.00 e. The zero-order chi connectivity index (χ0) is 2.00. The fourth-order valence-corrected chi connectivity index (χ4v) is 0. The van der Waals surface area contributed by atoms with Crippen molar-refractivity contribution in [1.82, 2.24) is 0 Å². The van der Waals surface area contributed by atoms with Crippen LogP contribution in [-0.4, -0.2) is 5.11 Å². The van der Waals surface area contributed by atoms with Gasteiger partial charge in [-0.05, 0) is 0 Å². The monoisotopic (exact) mass is 230 g/mol. The zero-order valence-corrected chi connectivity index (χ0v) is 5.50. The van der Waals surface area contributed by atoms with Gasteiger partial charge in [0.15, 0.2) is 0 Å². The fraction of sp³-hybridized carbons (Fsp3) is 0. The molecule has 0 atom stereocenters. The molecule has 26 valence electrons. The predicted octanol–water partition coefficient (Wildman–Crippen LogP) is 0.598. The minimum atomic E-state index is 0. The van der Waals surface area contributed by atoms with Crippen LogP contribution in [0, 0.1) is 14.5 Å². The van der Waals surface area contributed by atoms with Crippen LogP contribution in [0.5, 0.6) is 0 Å². The van der Waals surface area contributed by atoms with Gasteiger partial charge in [0.2, 0.25) is 0 Å². The molecular weight excluding hydrogens is 224 g/mol. The molecule has 0 saturated carbocycles. The third kappa shape index (κ3) is 17.1. The van der Waals surface area contributed by atoms with Gasteiger partial charge in [0.05, 0.1) is 0 Å². The first-order valence-electron chi connectivity index (χ1n) is 0.316. The third-order valence-corrected chi connectivity index (χ3v) is 0. The van der Waals surface area contributed by atoms with Crippen LogP contribution in [-0.2, 0) is 21.1 Å². The zero-order valence-electron chi connectivity index (χ0n) is 2.56. The van der Waals surface area contributed by atoms with Gasteiger partial charge in [-0.2, -0.15) is 0 Å². The van der Waals surface area contributed by atoms with Crippen LogP contribution in [0.2, 0.25) is 0 Å². The van der Waals surface area contributed by atoms with Gasteiger partial charge in [-0.15, -0.1) is 0 Å². The Morgan fingerprint density at radius 3 is 1.25 bits per heavy atom. The summed E-state index contributed by atoms with van der Waals surface area (Å²) < 4.78 is 0. The molecule has 0 spiro atoms. The van der Waals surface area contributed by atoms with Crippen molar-refractivity contribution in [3.05, 3.63) is 14.5 Å². The van der Waals surface area contributed by atoms with Crippen molar-refractivity contribution in [3.8, 4) is 0 Å². The SMILES string of the molecule is [CH2-]O.[CH3-].[W+2]. The maximum absolute atomic E-state index is 6.75. The Hall–Kier alpha value is 0.648. The van der Waals surface area contributed by atoms with Crippen molar-refractivity contribution < 1.29 is 26.2 Å². The molecule has 1 N–H and O–H groups in total. The number of rotatable bonds is 0. The molecule has 0 amide bonds. The third-order valence-electron chi connectivity index (χ3n) is 0. The molecule has 4 heavy (non-hydrogen) atoms. The molecule has 0 heterocycles. The molecule has 0 radical (unpaired) electrons. The van der Waals surface area contributed by atoms with Crippen molar-refractivity contribution in [2.24, 2.45) is 0 Å². The Kier molecular flexibility index (Phi) is 347. The summed E-state index contributed by atoms with van der Waals surface area (Å²) in [6, 6.07) is 0. The van der Waals surface area contributed by atoms with E-state index < -0.39 is 0 Å². The van der Waals surface area contributed by atoms with Crippen LogP contribution in [0.15, 0.2) is 0 Å². The molecule has 0 aliphatic rings. The molecule has 0 aromatic heterocycles. The van der Waals surface area contributed by atoms with Crippen molar-refractivity contribution in [3.63, 3.8) is 0 Å². The van der Waals surface area contributed by atoms with Gasteiger partial charge in [0.25, 0.3) is 0 Å². The van der Waals surface area contributed by atoms with Crippen LogP contribution in [0.25, 0.3) is 0 Å². The second-order valence-corrected chi connectivity index (χ2v) is 0. The summed E-state index contributed by atoms with van der Waals surface area (Å²) in [5, 5.41) is 6.75. The smallest absolute Gasteiger partial charge is 0.569 e. The first-order valence-corrected chi connectivity index (χ1v) is 0.316. The van der Waals surface area contributed by atoms with E-state index in [1.165, 1.54) is 0 Å². The molecule has 0 unspecified atom stereocenters. The molecule has 0 aromatic carbocycles. The van der Waals surface area contributed by atoms with Gasteiger partial charge >= 0.3 is 21.1 Å². The normalized spacial score (nSPS) is 1.50. The minimum absolute atomic E-state index is 0. The Bertz CT molecular complexity index is 6.00. The molecule has 0 aliphatic heterocycles. The summed E-state index contributed by atoms with van der Waals surface area (Å²) in [5.74, 6) is 0. The van der Waals surface area contributed by atoms with Gasteiger partial charge in [-0.25, -0.2) is 7.11 Å². The van der Waals surface area contributed by atoms with E-state index in [2.05, 4.69) is 7.11 Å². The molecule has 0 aliphatic carbocycles. The van der Waals surface area contributed by atoms with Gasteiger partial charge in [0.1, 0.15) is 0 Å². The number of hydrogen-bond donors (Lipinski definition) is 1. The van der Waals surface area contributed by atoms with Crippen LogP contribution >= 0.6 is 0 Å². The molecule has 0 aromatic rings. The predicted molar refractivity (Wildman–Crippen MR) is 13.7 cm³/mol. The average Bonchev–Trinajstić information content (AvgIpc) is 1.00. The van der Waals surface area contributed by atoms with Gasteiger partial charge in [-0.3, -0.25) is 0 Å². The summed E-state index contributed by atoms with van der Waals surface area (Å²) in [6.45, 7) is 0. The second-order valence-electron chi connectivity index (χ2n) is 0. The van der Waals surface area contributed by atoms with Crippen molar-refractivity contribution >= 4 is 0 Å². The summed E-state index contributed by atoms with van der Waals surface area (Å²) >= 11 is 0. The first kappa shape index (κ1) is 22.8. The van der Waals surface area contributed by atoms with E-state index in [0.717, 1.165) is 0 Å². The van der Waals surface area contributed by atoms with E-state index in [0.29, 0.717) is 0 Å². The van der Waals surface area contributed by atoms with E-state index in [1.54, 1.807) is 0 Å². The Morgan fingerprint density at radius 2 is 1.25 bits per heavy atom. The van der Waals surface area contributed by atoms with E-state index >= 15 is 0 Å². The summed E-state index contributed by atoms with van der Waals surface area (Å²) in [7, 11) is 2.25. The van der Waals surface area contributed by atoms with Crippen molar-refractivity contribution in [1.29, 1.82) is 0 Å². The molecule has 0 fully saturated rings. The Labute approximate surface area is 41.3 Å². The van der Waals surface area contributed by atoms with E-state index in [9.17, 15) is 0 Å². The Balaban J connectivity index is -0.00000000500. The first-order chi connectivity index (χ1) is 1.00. The molecular formula is C2H6OW. The molecule has 0 bridgehead atoms. The minimum Gasteiger partial charge on any atom is -0.569 e. The van der Waals surface area contributed by atoms with Gasteiger partial charge < -0.3 is 12.5 Å². The van der Waals surface area contributed by atoms with Crippen LogP contribution < -0.4 is 0 Å². The van der Waals surface area contributed by atoms with Crippen molar-refractivity contribution in [2.75, 3.05) is 0 Å². The summed E-state index contributed by atoms with van der Waals surface area (Å²) in [4.78, 5) is 0. The van der Waals surface area contributed by atoms with Crippen LogP contribution in [0.4, 0.5) is 0 Å². The van der Waals surface area contributed by atoms with E-state index in [1.807, 2.05) is 0 Å². The maximum atomic E-state index is 6.75. The molecule has 0 rings (SSSR count). The molecule has 1 nitrogen and oxygen atoms in total. The van der Waals surface area contributed by atoms with Gasteiger partial charge in [0, 0.05) is 0 Å².